The lowest BCUT2D eigenvalue weighted by Gasteiger charge is -2.29. The van der Waals surface area contributed by atoms with Crippen molar-refractivity contribution in [1.82, 2.24) is 0 Å². The average Bonchev–Trinajstić information content (AvgIpc) is 3.15. The van der Waals surface area contributed by atoms with E-state index in [0.29, 0.717) is 5.56 Å². The van der Waals surface area contributed by atoms with Crippen molar-refractivity contribution in [3.8, 4) is 0 Å². The molecule has 0 aliphatic carbocycles. The lowest BCUT2D eigenvalue weighted by molar-refractivity contribution is -0.153. The first-order chi connectivity index (χ1) is 15.6. The number of nitrogens with zero attached hydrogens (tertiary/aromatic N) is 1. The number of cyclic esters (lactones) is 1. The van der Waals surface area contributed by atoms with E-state index in [4.69, 9.17) is 14.5 Å². The van der Waals surface area contributed by atoms with Crippen molar-refractivity contribution in [3.63, 3.8) is 0 Å². The monoisotopic (exact) mass is 425 g/mol. The van der Waals surface area contributed by atoms with Gasteiger partial charge in [0.05, 0.1) is 0 Å². The zero-order valence-electron chi connectivity index (χ0n) is 17.7. The van der Waals surface area contributed by atoms with Crippen LogP contribution in [-0.2, 0) is 25.5 Å². The Kier molecular flexibility index (Phi) is 6.26. The third-order valence-corrected chi connectivity index (χ3v) is 5.21. The van der Waals surface area contributed by atoms with Crippen LogP contribution in [0, 0.1) is 0 Å². The van der Waals surface area contributed by atoms with E-state index in [1.165, 1.54) is 6.92 Å². The molecule has 32 heavy (non-hydrogen) atoms. The van der Waals surface area contributed by atoms with Gasteiger partial charge in [-0.15, -0.1) is 0 Å². The molecule has 1 aliphatic heterocycles. The quantitative estimate of drug-likeness (QED) is 0.518. The number of hydrogen-bond donors (Lipinski definition) is 0. The molecule has 0 bridgehead atoms. The van der Waals surface area contributed by atoms with E-state index in [1.807, 2.05) is 97.1 Å². The summed E-state index contributed by atoms with van der Waals surface area (Å²) in [6.45, 7) is 1.32. The predicted octanol–water partition coefficient (Wildman–Crippen LogP) is 4.62. The van der Waals surface area contributed by atoms with Crippen LogP contribution in [0.1, 0.15) is 23.6 Å². The van der Waals surface area contributed by atoms with Crippen molar-refractivity contribution in [2.24, 2.45) is 4.99 Å². The molecule has 2 atom stereocenters. The van der Waals surface area contributed by atoms with Crippen molar-refractivity contribution in [1.29, 1.82) is 0 Å². The molecule has 0 aromatic heterocycles. The molecule has 0 spiro atoms. The first-order valence-electron chi connectivity index (χ1n) is 10.4. The maximum Gasteiger partial charge on any atom is 0.345 e. The highest BCUT2D eigenvalue weighted by molar-refractivity contribution is 6.08. The van der Waals surface area contributed by atoms with Gasteiger partial charge in [-0.3, -0.25) is 4.79 Å². The van der Waals surface area contributed by atoms with Gasteiger partial charge in [0.2, 0.25) is 11.4 Å². The summed E-state index contributed by atoms with van der Waals surface area (Å²) < 4.78 is 11.3. The van der Waals surface area contributed by atoms with E-state index in [-0.39, 0.29) is 12.3 Å². The highest BCUT2D eigenvalue weighted by Gasteiger charge is 2.53. The largest absolute Gasteiger partial charge is 0.455 e. The third kappa shape index (κ3) is 4.67. The fourth-order valence-electron chi connectivity index (χ4n) is 3.67. The van der Waals surface area contributed by atoms with Gasteiger partial charge in [-0.05, 0) is 29.3 Å². The molecule has 0 N–H and O–H groups in total. The number of carbonyl (C=O) groups is 2. The van der Waals surface area contributed by atoms with E-state index in [1.54, 1.807) is 6.08 Å². The Morgan fingerprint density at radius 1 is 0.969 bits per heavy atom. The summed E-state index contributed by atoms with van der Waals surface area (Å²) in [5, 5.41) is 0. The molecule has 0 fully saturated rings. The molecule has 3 aromatic carbocycles. The fraction of sp³-hybridized carbons (Fsp3) is 0.148. The third-order valence-electron chi connectivity index (χ3n) is 5.21. The second kappa shape index (κ2) is 9.43. The lowest BCUT2D eigenvalue weighted by atomic mass is 9.85. The molecule has 0 saturated heterocycles. The smallest absolute Gasteiger partial charge is 0.345 e. The van der Waals surface area contributed by atoms with Crippen molar-refractivity contribution in [2.75, 3.05) is 0 Å². The number of benzene rings is 3. The number of hydrogen-bond acceptors (Lipinski definition) is 5. The summed E-state index contributed by atoms with van der Waals surface area (Å²) in [7, 11) is 0. The zero-order chi connectivity index (χ0) is 22.4. The van der Waals surface area contributed by atoms with Crippen LogP contribution >= 0.6 is 0 Å². The Morgan fingerprint density at radius 3 is 2.19 bits per heavy atom. The molecular formula is C27H23NO4. The van der Waals surface area contributed by atoms with E-state index < -0.39 is 23.6 Å². The minimum absolute atomic E-state index is 0.219. The second-order valence-electron chi connectivity index (χ2n) is 7.56. The van der Waals surface area contributed by atoms with E-state index >= 15 is 0 Å². The first-order valence-corrected chi connectivity index (χ1v) is 10.4. The van der Waals surface area contributed by atoms with Crippen LogP contribution in [0.15, 0.2) is 102 Å². The minimum atomic E-state index is -1.44. The van der Waals surface area contributed by atoms with E-state index in [9.17, 15) is 9.59 Å². The number of carbonyl (C=O) groups excluding carboxylic acids is 2. The number of rotatable bonds is 7. The van der Waals surface area contributed by atoms with Gasteiger partial charge in [0, 0.05) is 18.9 Å². The van der Waals surface area contributed by atoms with Crippen LogP contribution in [0.2, 0.25) is 0 Å². The molecular weight excluding hydrogens is 402 g/mol. The summed E-state index contributed by atoms with van der Waals surface area (Å²) in [6, 6.07) is 28.3. The number of aliphatic imine (C=N–C) groups is 1. The standard InChI is InChI=1S/C27H23NO4/c1-20(29)31-24(18-17-21-11-5-2-6-12-21)27(19-22-13-7-3-8-14-22)26(30)32-25(28-27)23-15-9-4-10-16-23/h2-18,24H,19H2,1H3/t24-,27-/m1/s1. The summed E-state index contributed by atoms with van der Waals surface area (Å²) in [6.07, 6.45) is 2.80. The topological polar surface area (TPSA) is 65.0 Å². The molecule has 0 radical (unpaired) electrons. The minimum Gasteiger partial charge on any atom is -0.455 e. The molecule has 5 heteroatoms. The summed E-state index contributed by atoms with van der Waals surface area (Å²) in [4.78, 5) is 30.1. The van der Waals surface area contributed by atoms with Gasteiger partial charge < -0.3 is 9.47 Å². The highest BCUT2D eigenvalue weighted by Crippen LogP contribution is 2.34. The van der Waals surface area contributed by atoms with Gasteiger partial charge >= 0.3 is 11.9 Å². The Bertz CT molecular complexity index is 1140. The Balaban J connectivity index is 1.81. The first kappa shape index (κ1) is 21.2. The molecule has 1 aliphatic rings. The van der Waals surface area contributed by atoms with Crippen LogP contribution in [0.25, 0.3) is 6.08 Å². The average molecular weight is 425 g/mol. The van der Waals surface area contributed by atoms with Crippen LogP contribution in [0.5, 0.6) is 0 Å². The molecule has 1 heterocycles. The zero-order valence-corrected chi connectivity index (χ0v) is 17.7. The normalized spacial score (nSPS) is 18.8. The van der Waals surface area contributed by atoms with Crippen molar-refractivity contribution in [2.45, 2.75) is 25.0 Å². The molecule has 0 saturated carbocycles. The van der Waals surface area contributed by atoms with Crippen LogP contribution < -0.4 is 0 Å². The van der Waals surface area contributed by atoms with Gasteiger partial charge in [0.25, 0.3) is 0 Å². The maximum absolute atomic E-state index is 13.4. The number of esters is 2. The fourth-order valence-corrected chi connectivity index (χ4v) is 3.67. The summed E-state index contributed by atoms with van der Waals surface area (Å²) in [5.74, 6) is -0.836. The molecule has 3 aromatic rings. The van der Waals surface area contributed by atoms with E-state index in [0.717, 1.165) is 11.1 Å². The summed E-state index contributed by atoms with van der Waals surface area (Å²) >= 11 is 0. The highest BCUT2D eigenvalue weighted by atomic mass is 16.6. The Labute approximate surface area is 187 Å². The molecule has 0 amide bonds. The van der Waals surface area contributed by atoms with Crippen LogP contribution in [0.4, 0.5) is 0 Å². The van der Waals surface area contributed by atoms with Crippen LogP contribution in [0.3, 0.4) is 0 Å². The van der Waals surface area contributed by atoms with Gasteiger partial charge in [0.15, 0.2) is 6.10 Å². The van der Waals surface area contributed by atoms with E-state index in [2.05, 4.69) is 0 Å². The predicted molar refractivity (Wildman–Crippen MR) is 123 cm³/mol. The Hall–Kier alpha value is -3.99. The van der Waals surface area contributed by atoms with Gasteiger partial charge in [-0.25, -0.2) is 9.79 Å². The van der Waals surface area contributed by atoms with Gasteiger partial charge in [-0.1, -0.05) is 84.9 Å². The van der Waals surface area contributed by atoms with Crippen molar-refractivity contribution >= 4 is 23.9 Å². The van der Waals surface area contributed by atoms with Gasteiger partial charge in [-0.2, -0.15) is 0 Å². The summed E-state index contributed by atoms with van der Waals surface area (Å²) in [5.41, 5.74) is 1.04. The lowest BCUT2D eigenvalue weighted by Crippen LogP contribution is -2.49. The Morgan fingerprint density at radius 2 is 1.56 bits per heavy atom. The van der Waals surface area contributed by atoms with Gasteiger partial charge in [0.1, 0.15) is 0 Å². The SMILES string of the molecule is CC(=O)O[C@H](C=Cc1ccccc1)[C@@]1(Cc2ccccc2)N=C(c2ccccc2)OC1=O. The second-order valence-corrected chi connectivity index (χ2v) is 7.56. The molecule has 160 valence electrons. The molecule has 4 rings (SSSR count). The molecule has 5 nitrogen and oxygen atoms in total. The number of ether oxygens (including phenoxy) is 2. The molecule has 0 unspecified atom stereocenters. The van der Waals surface area contributed by atoms with Crippen molar-refractivity contribution in [3.05, 3.63) is 114 Å². The van der Waals surface area contributed by atoms with Crippen molar-refractivity contribution < 1.29 is 19.1 Å². The van der Waals surface area contributed by atoms with Crippen LogP contribution in [-0.4, -0.2) is 29.5 Å². The maximum atomic E-state index is 13.4.